The van der Waals surface area contributed by atoms with Crippen LogP contribution in [0, 0.1) is 11.3 Å². The summed E-state index contributed by atoms with van der Waals surface area (Å²) in [5.41, 5.74) is 1.50. The van der Waals surface area contributed by atoms with E-state index >= 15 is 0 Å². The van der Waals surface area contributed by atoms with Crippen molar-refractivity contribution in [1.82, 2.24) is 4.98 Å². The van der Waals surface area contributed by atoms with Gasteiger partial charge in [-0.1, -0.05) is 29.8 Å². The summed E-state index contributed by atoms with van der Waals surface area (Å²) in [6, 6.07) is 13.2. The molecule has 0 fully saturated rings. The molecule has 1 aromatic heterocycles. The maximum Gasteiger partial charge on any atom is 0.144 e. The van der Waals surface area contributed by atoms with Gasteiger partial charge in [-0.25, -0.2) is 4.98 Å². The third kappa shape index (κ3) is 2.61. The number of aromatic nitrogens is 1. The zero-order valence-electron chi connectivity index (χ0n) is 9.89. The molecule has 0 aliphatic rings. The largest absolute Gasteiger partial charge is 0.362 e. The summed E-state index contributed by atoms with van der Waals surface area (Å²) in [6.45, 7) is 1.98. The van der Waals surface area contributed by atoms with Crippen molar-refractivity contribution in [3.8, 4) is 6.07 Å². The van der Waals surface area contributed by atoms with Crippen LogP contribution < -0.4 is 5.32 Å². The first-order chi connectivity index (χ1) is 8.72. The van der Waals surface area contributed by atoms with E-state index in [0.29, 0.717) is 16.4 Å². The van der Waals surface area contributed by atoms with Gasteiger partial charge in [0, 0.05) is 11.2 Å². The molecule has 0 radical (unpaired) electrons. The first-order valence-electron chi connectivity index (χ1n) is 5.58. The van der Waals surface area contributed by atoms with Crippen LogP contribution in [0.15, 0.2) is 42.6 Å². The number of halogens is 1. The van der Waals surface area contributed by atoms with Crippen molar-refractivity contribution >= 4 is 17.4 Å². The quantitative estimate of drug-likeness (QED) is 0.910. The molecule has 0 amide bonds. The molecule has 18 heavy (non-hydrogen) atoms. The van der Waals surface area contributed by atoms with Crippen LogP contribution in [0.5, 0.6) is 0 Å². The minimum Gasteiger partial charge on any atom is -0.362 e. The number of benzene rings is 1. The highest BCUT2D eigenvalue weighted by molar-refractivity contribution is 6.31. The molecule has 4 heteroatoms. The molecule has 0 saturated heterocycles. The second-order valence-corrected chi connectivity index (χ2v) is 4.31. The highest BCUT2D eigenvalue weighted by atomic mass is 35.5. The lowest BCUT2D eigenvalue weighted by Gasteiger charge is -2.16. The van der Waals surface area contributed by atoms with Crippen molar-refractivity contribution in [2.75, 3.05) is 5.32 Å². The summed E-state index contributed by atoms with van der Waals surface area (Å²) in [5, 5.41) is 12.9. The van der Waals surface area contributed by atoms with Gasteiger partial charge in [0.15, 0.2) is 0 Å². The first kappa shape index (κ1) is 12.4. The van der Waals surface area contributed by atoms with Crippen LogP contribution in [0.4, 0.5) is 5.82 Å². The average Bonchev–Trinajstić information content (AvgIpc) is 2.39. The standard InChI is InChI=1S/C14H12ClN3/c1-10(12-6-2-3-7-13(12)15)18-14-11(9-16)5-4-8-17-14/h2-8,10H,1H3,(H,17,18)/t10-/m1/s1. The molecule has 2 aromatic rings. The Balaban J connectivity index is 2.25. The highest BCUT2D eigenvalue weighted by Crippen LogP contribution is 2.25. The van der Waals surface area contributed by atoms with Gasteiger partial charge < -0.3 is 5.32 Å². The summed E-state index contributed by atoms with van der Waals surface area (Å²) >= 11 is 6.13. The Bertz CT molecular complexity index is 590. The predicted molar refractivity (Wildman–Crippen MR) is 72.4 cm³/mol. The molecule has 0 spiro atoms. The normalized spacial score (nSPS) is 11.6. The van der Waals surface area contributed by atoms with Crippen LogP contribution >= 0.6 is 11.6 Å². The van der Waals surface area contributed by atoms with Crippen LogP contribution in [-0.2, 0) is 0 Å². The fraction of sp³-hybridized carbons (Fsp3) is 0.143. The van der Waals surface area contributed by atoms with Crippen molar-refractivity contribution < 1.29 is 0 Å². The van der Waals surface area contributed by atoms with Gasteiger partial charge in [0.05, 0.1) is 11.6 Å². The molecule has 3 nitrogen and oxygen atoms in total. The van der Waals surface area contributed by atoms with E-state index in [-0.39, 0.29) is 6.04 Å². The van der Waals surface area contributed by atoms with Crippen molar-refractivity contribution in [3.63, 3.8) is 0 Å². The molecule has 0 aliphatic heterocycles. The van der Waals surface area contributed by atoms with Crippen molar-refractivity contribution in [3.05, 3.63) is 58.7 Å². The number of nitrogens with one attached hydrogen (secondary N) is 1. The fourth-order valence-electron chi connectivity index (χ4n) is 1.72. The topological polar surface area (TPSA) is 48.7 Å². The summed E-state index contributed by atoms with van der Waals surface area (Å²) in [7, 11) is 0. The van der Waals surface area contributed by atoms with Gasteiger partial charge in [-0.2, -0.15) is 5.26 Å². The van der Waals surface area contributed by atoms with E-state index < -0.39 is 0 Å². The minimum atomic E-state index is -0.0132. The Hall–Kier alpha value is -2.05. The lowest BCUT2D eigenvalue weighted by molar-refractivity contribution is 0.874. The molecular formula is C14H12ClN3. The lowest BCUT2D eigenvalue weighted by atomic mass is 10.1. The maximum absolute atomic E-state index is 9.00. The molecule has 0 bridgehead atoms. The zero-order chi connectivity index (χ0) is 13.0. The minimum absolute atomic E-state index is 0.0132. The fourth-order valence-corrected chi connectivity index (χ4v) is 2.02. The van der Waals surface area contributed by atoms with E-state index in [1.54, 1.807) is 18.3 Å². The Labute approximate surface area is 111 Å². The zero-order valence-corrected chi connectivity index (χ0v) is 10.6. The number of rotatable bonds is 3. The number of nitrogens with zero attached hydrogens (tertiary/aromatic N) is 2. The van der Waals surface area contributed by atoms with E-state index in [9.17, 15) is 0 Å². The molecule has 1 aromatic carbocycles. The van der Waals surface area contributed by atoms with Gasteiger partial charge in [-0.15, -0.1) is 0 Å². The summed E-state index contributed by atoms with van der Waals surface area (Å²) < 4.78 is 0. The van der Waals surface area contributed by atoms with Crippen LogP contribution in [-0.4, -0.2) is 4.98 Å². The van der Waals surface area contributed by atoms with Gasteiger partial charge in [-0.05, 0) is 30.7 Å². The molecule has 1 heterocycles. The number of hydrogen-bond acceptors (Lipinski definition) is 3. The second-order valence-electron chi connectivity index (χ2n) is 3.90. The lowest BCUT2D eigenvalue weighted by Crippen LogP contribution is -2.09. The molecule has 90 valence electrons. The van der Waals surface area contributed by atoms with Gasteiger partial charge in [0.25, 0.3) is 0 Å². The monoisotopic (exact) mass is 257 g/mol. The number of anilines is 1. The first-order valence-corrected chi connectivity index (χ1v) is 5.96. The van der Waals surface area contributed by atoms with Gasteiger partial charge >= 0.3 is 0 Å². The second kappa shape index (κ2) is 5.52. The molecule has 1 N–H and O–H groups in total. The number of hydrogen-bond donors (Lipinski definition) is 1. The van der Waals surface area contributed by atoms with E-state index in [1.807, 2.05) is 31.2 Å². The smallest absolute Gasteiger partial charge is 0.144 e. The highest BCUT2D eigenvalue weighted by Gasteiger charge is 2.11. The molecule has 0 unspecified atom stereocenters. The van der Waals surface area contributed by atoms with Gasteiger partial charge in [0.2, 0.25) is 0 Å². The molecule has 0 aliphatic carbocycles. The summed E-state index contributed by atoms with van der Waals surface area (Å²) in [5.74, 6) is 0.576. The molecular weight excluding hydrogens is 246 g/mol. The van der Waals surface area contributed by atoms with Crippen molar-refractivity contribution in [2.24, 2.45) is 0 Å². The van der Waals surface area contributed by atoms with Crippen molar-refractivity contribution in [1.29, 1.82) is 5.26 Å². The average molecular weight is 258 g/mol. The summed E-state index contributed by atoms with van der Waals surface area (Å²) in [6.07, 6.45) is 1.66. The Kier molecular flexibility index (Phi) is 3.81. The Morgan fingerprint density at radius 1 is 1.28 bits per heavy atom. The molecule has 0 saturated carbocycles. The number of pyridine rings is 1. The van der Waals surface area contributed by atoms with Crippen LogP contribution in [0.3, 0.4) is 0 Å². The number of nitriles is 1. The third-order valence-electron chi connectivity index (χ3n) is 2.65. The third-order valence-corrected chi connectivity index (χ3v) is 3.00. The predicted octanol–water partition coefficient (Wildman–Crippen LogP) is 3.78. The Morgan fingerprint density at radius 3 is 2.78 bits per heavy atom. The Morgan fingerprint density at radius 2 is 2.06 bits per heavy atom. The van der Waals surface area contributed by atoms with Gasteiger partial charge in [-0.3, -0.25) is 0 Å². The van der Waals surface area contributed by atoms with E-state index in [4.69, 9.17) is 16.9 Å². The van der Waals surface area contributed by atoms with E-state index in [1.165, 1.54) is 0 Å². The van der Waals surface area contributed by atoms with Crippen LogP contribution in [0.2, 0.25) is 5.02 Å². The SMILES string of the molecule is C[C@@H](Nc1ncccc1C#N)c1ccccc1Cl. The van der Waals surface area contributed by atoms with Crippen molar-refractivity contribution in [2.45, 2.75) is 13.0 Å². The molecule has 1 atom stereocenters. The van der Waals surface area contributed by atoms with Crippen LogP contribution in [0.25, 0.3) is 0 Å². The van der Waals surface area contributed by atoms with E-state index in [0.717, 1.165) is 5.56 Å². The maximum atomic E-state index is 9.00. The summed E-state index contributed by atoms with van der Waals surface area (Å²) in [4.78, 5) is 4.17. The van der Waals surface area contributed by atoms with Crippen LogP contribution in [0.1, 0.15) is 24.1 Å². The molecule has 2 rings (SSSR count). The van der Waals surface area contributed by atoms with E-state index in [2.05, 4.69) is 16.4 Å². The van der Waals surface area contributed by atoms with Gasteiger partial charge in [0.1, 0.15) is 11.9 Å².